The first kappa shape index (κ1) is 11.0. The third kappa shape index (κ3) is 1.87. The van der Waals surface area contributed by atoms with Crippen LogP contribution in [0.15, 0.2) is 0 Å². The summed E-state index contributed by atoms with van der Waals surface area (Å²) in [6.07, 6.45) is 2.25. The average molecular weight is 202 g/mol. The summed E-state index contributed by atoms with van der Waals surface area (Å²) in [6.45, 7) is -0.187. The topological polar surface area (TPSA) is 72.8 Å². The first-order chi connectivity index (χ1) is 6.63. The van der Waals surface area contributed by atoms with Crippen molar-refractivity contribution >= 4 is 11.9 Å². The number of carboxylic acids is 1. The van der Waals surface area contributed by atoms with Gasteiger partial charge in [-0.3, -0.25) is 9.59 Å². The Balaban J connectivity index is 2.67. The van der Waals surface area contributed by atoms with Crippen molar-refractivity contribution in [2.75, 3.05) is 13.9 Å². The molecule has 0 radical (unpaired) electrons. The largest absolute Gasteiger partial charge is 0.480 e. The van der Waals surface area contributed by atoms with Gasteiger partial charge in [-0.25, -0.2) is 0 Å². The second kappa shape index (κ2) is 4.41. The van der Waals surface area contributed by atoms with Crippen LogP contribution in [0.3, 0.4) is 0 Å². The summed E-state index contributed by atoms with van der Waals surface area (Å²) in [4.78, 5) is 22.5. The van der Waals surface area contributed by atoms with Crippen LogP contribution in [-0.4, -0.2) is 30.9 Å². The minimum absolute atomic E-state index is 0.187. The number of hydrogen-bond donors (Lipinski definition) is 1. The van der Waals surface area contributed by atoms with Crippen LogP contribution in [0.1, 0.15) is 25.7 Å². The highest BCUT2D eigenvalue weighted by molar-refractivity contribution is 5.99. The van der Waals surface area contributed by atoms with Crippen LogP contribution < -0.4 is 0 Å². The van der Waals surface area contributed by atoms with Gasteiger partial charge >= 0.3 is 11.9 Å². The van der Waals surface area contributed by atoms with E-state index in [0.717, 1.165) is 12.8 Å². The molecule has 0 aliphatic heterocycles. The first-order valence-corrected chi connectivity index (χ1v) is 4.53. The van der Waals surface area contributed by atoms with Gasteiger partial charge in [0.25, 0.3) is 0 Å². The number of esters is 1. The van der Waals surface area contributed by atoms with E-state index < -0.39 is 17.4 Å². The zero-order chi connectivity index (χ0) is 10.6. The smallest absolute Gasteiger partial charge is 0.325 e. The van der Waals surface area contributed by atoms with Gasteiger partial charge in [0.15, 0.2) is 12.2 Å². The van der Waals surface area contributed by atoms with Gasteiger partial charge in [0, 0.05) is 7.11 Å². The molecule has 0 unspecified atom stereocenters. The predicted octanol–water partition coefficient (Wildman–Crippen LogP) is 0.778. The molecule has 14 heavy (non-hydrogen) atoms. The second-order valence-corrected chi connectivity index (χ2v) is 3.43. The molecule has 1 saturated carbocycles. The van der Waals surface area contributed by atoms with E-state index in [1.54, 1.807) is 0 Å². The standard InChI is InChI=1S/C9H14O5/c1-13-6-14-8(12)9(7(10)11)4-2-3-5-9/h2-6H2,1H3,(H,10,11). The molecule has 1 aliphatic carbocycles. The first-order valence-electron chi connectivity index (χ1n) is 4.53. The zero-order valence-corrected chi connectivity index (χ0v) is 8.12. The highest BCUT2D eigenvalue weighted by Gasteiger charge is 2.49. The minimum Gasteiger partial charge on any atom is -0.480 e. The van der Waals surface area contributed by atoms with E-state index in [1.807, 2.05) is 0 Å². The van der Waals surface area contributed by atoms with Crippen LogP contribution in [0, 0.1) is 5.41 Å². The normalized spacial score (nSPS) is 19.2. The van der Waals surface area contributed by atoms with Gasteiger partial charge in [0.05, 0.1) is 0 Å². The summed E-state index contributed by atoms with van der Waals surface area (Å²) in [5.74, 6) is -1.76. The Morgan fingerprint density at radius 1 is 1.36 bits per heavy atom. The lowest BCUT2D eigenvalue weighted by Gasteiger charge is -2.20. The molecule has 0 spiro atoms. The molecule has 1 aliphatic rings. The van der Waals surface area contributed by atoms with Gasteiger partial charge < -0.3 is 14.6 Å². The Labute approximate surface area is 82.0 Å². The predicted molar refractivity (Wildman–Crippen MR) is 46.5 cm³/mol. The lowest BCUT2D eigenvalue weighted by Crippen LogP contribution is -2.38. The molecule has 80 valence electrons. The van der Waals surface area contributed by atoms with E-state index in [4.69, 9.17) is 9.84 Å². The molecular formula is C9H14O5. The number of carbonyl (C=O) groups is 2. The summed E-state index contributed by atoms with van der Waals surface area (Å²) in [6, 6.07) is 0. The summed E-state index contributed by atoms with van der Waals surface area (Å²) < 4.78 is 9.26. The SMILES string of the molecule is COCOC(=O)C1(C(=O)O)CCCC1. The van der Waals surface area contributed by atoms with Crippen LogP contribution in [0.5, 0.6) is 0 Å². The summed E-state index contributed by atoms with van der Waals surface area (Å²) in [7, 11) is 1.38. The fourth-order valence-electron chi connectivity index (χ4n) is 1.73. The highest BCUT2D eigenvalue weighted by Crippen LogP contribution is 2.39. The molecule has 0 bridgehead atoms. The summed E-state index contributed by atoms with van der Waals surface area (Å²) in [5.41, 5.74) is -1.32. The van der Waals surface area contributed by atoms with Crippen molar-refractivity contribution in [2.45, 2.75) is 25.7 Å². The van der Waals surface area contributed by atoms with E-state index in [2.05, 4.69) is 4.74 Å². The van der Waals surface area contributed by atoms with Crippen molar-refractivity contribution in [3.63, 3.8) is 0 Å². The molecule has 0 aromatic rings. The van der Waals surface area contributed by atoms with Crippen molar-refractivity contribution < 1.29 is 24.2 Å². The van der Waals surface area contributed by atoms with E-state index in [1.165, 1.54) is 7.11 Å². The van der Waals surface area contributed by atoms with Gasteiger partial charge in [-0.15, -0.1) is 0 Å². The van der Waals surface area contributed by atoms with Gasteiger partial charge in [-0.2, -0.15) is 0 Å². The quantitative estimate of drug-likeness (QED) is 0.414. The average Bonchev–Trinajstić information content (AvgIpc) is 2.63. The molecule has 5 heteroatoms. The Bertz CT molecular complexity index is 229. The monoisotopic (exact) mass is 202 g/mol. The Hall–Kier alpha value is -1.10. The molecule has 0 amide bonds. The van der Waals surface area contributed by atoms with Crippen LogP contribution in [0.2, 0.25) is 0 Å². The maximum atomic E-state index is 11.5. The number of ether oxygens (including phenoxy) is 2. The zero-order valence-electron chi connectivity index (χ0n) is 8.12. The molecule has 0 heterocycles. The fourth-order valence-corrected chi connectivity index (χ4v) is 1.73. The second-order valence-electron chi connectivity index (χ2n) is 3.43. The van der Waals surface area contributed by atoms with Crippen molar-refractivity contribution in [2.24, 2.45) is 5.41 Å². The maximum Gasteiger partial charge on any atom is 0.325 e. The van der Waals surface area contributed by atoms with E-state index in [0.29, 0.717) is 12.8 Å². The number of carboxylic acid groups (broad SMARTS) is 1. The molecular weight excluding hydrogens is 188 g/mol. The fraction of sp³-hybridized carbons (Fsp3) is 0.778. The molecule has 0 aromatic carbocycles. The van der Waals surface area contributed by atoms with Crippen molar-refractivity contribution in [1.29, 1.82) is 0 Å². The third-order valence-electron chi connectivity index (χ3n) is 2.57. The molecule has 0 saturated heterocycles. The number of methoxy groups -OCH3 is 1. The molecule has 1 rings (SSSR count). The summed E-state index contributed by atoms with van der Waals surface area (Å²) in [5, 5.41) is 8.99. The maximum absolute atomic E-state index is 11.5. The van der Waals surface area contributed by atoms with Gasteiger partial charge in [-0.05, 0) is 12.8 Å². The number of aliphatic carboxylic acids is 1. The third-order valence-corrected chi connectivity index (χ3v) is 2.57. The molecule has 5 nitrogen and oxygen atoms in total. The number of hydrogen-bond acceptors (Lipinski definition) is 4. The molecule has 1 fully saturated rings. The van der Waals surface area contributed by atoms with Gasteiger partial charge in [0.2, 0.25) is 0 Å². The molecule has 0 atom stereocenters. The van der Waals surface area contributed by atoms with Gasteiger partial charge in [-0.1, -0.05) is 12.8 Å². The highest BCUT2D eigenvalue weighted by atomic mass is 16.7. The lowest BCUT2D eigenvalue weighted by molar-refractivity contribution is -0.175. The van der Waals surface area contributed by atoms with E-state index in [9.17, 15) is 9.59 Å². The summed E-state index contributed by atoms with van der Waals surface area (Å²) >= 11 is 0. The number of carbonyl (C=O) groups excluding carboxylic acids is 1. The molecule has 0 aromatic heterocycles. The minimum atomic E-state index is -1.32. The van der Waals surface area contributed by atoms with Gasteiger partial charge in [0.1, 0.15) is 0 Å². The number of rotatable bonds is 4. The Kier molecular flexibility index (Phi) is 3.46. The van der Waals surface area contributed by atoms with E-state index >= 15 is 0 Å². The lowest BCUT2D eigenvalue weighted by atomic mass is 9.86. The van der Waals surface area contributed by atoms with Crippen LogP contribution >= 0.6 is 0 Å². The van der Waals surface area contributed by atoms with E-state index in [-0.39, 0.29) is 6.79 Å². The Morgan fingerprint density at radius 2 is 1.93 bits per heavy atom. The molecule has 1 N–H and O–H groups in total. The van der Waals surface area contributed by atoms with Crippen molar-refractivity contribution in [3.8, 4) is 0 Å². The van der Waals surface area contributed by atoms with Crippen LogP contribution in [0.25, 0.3) is 0 Å². The van der Waals surface area contributed by atoms with Crippen molar-refractivity contribution in [1.82, 2.24) is 0 Å². The Morgan fingerprint density at radius 3 is 2.36 bits per heavy atom. The van der Waals surface area contributed by atoms with Crippen molar-refractivity contribution in [3.05, 3.63) is 0 Å². The van der Waals surface area contributed by atoms with Crippen LogP contribution in [-0.2, 0) is 19.1 Å². The van der Waals surface area contributed by atoms with Crippen LogP contribution in [0.4, 0.5) is 0 Å².